The first-order valence-corrected chi connectivity index (χ1v) is 10.6. The van der Waals surface area contributed by atoms with E-state index in [1.165, 1.54) is 5.56 Å². The topological polar surface area (TPSA) is 62.5 Å². The van der Waals surface area contributed by atoms with E-state index < -0.39 is 0 Å². The van der Waals surface area contributed by atoms with Crippen LogP contribution < -0.4 is 0 Å². The monoisotopic (exact) mass is 424 g/mol. The van der Waals surface area contributed by atoms with Crippen molar-refractivity contribution in [3.05, 3.63) is 70.6 Å². The van der Waals surface area contributed by atoms with Gasteiger partial charge in [-0.2, -0.15) is 4.98 Å². The highest BCUT2D eigenvalue weighted by Gasteiger charge is 2.23. The van der Waals surface area contributed by atoms with Gasteiger partial charge in [0.25, 0.3) is 5.91 Å². The second-order valence-electron chi connectivity index (χ2n) is 7.86. The molecule has 3 aromatic rings. The molecule has 1 saturated heterocycles. The quantitative estimate of drug-likeness (QED) is 0.604. The zero-order valence-corrected chi connectivity index (χ0v) is 18.0. The number of hydrogen-bond donors (Lipinski definition) is 0. The summed E-state index contributed by atoms with van der Waals surface area (Å²) in [6, 6.07) is 15.3. The third kappa shape index (κ3) is 4.71. The van der Waals surface area contributed by atoms with Crippen molar-refractivity contribution in [3.8, 4) is 11.4 Å². The highest BCUT2D eigenvalue weighted by molar-refractivity contribution is 6.30. The second-order valence-corrected chi connectivity index (χ2v) is 8.30. The fourth-order valence-electron chi connectivity index (χ4n) is 3.53. The Morgan fingerprint density at radius 3 is 2.33 bits per heavy atom. The van der Waals surface area contributed by atoms with Crippen LogP contribution in [0.25, 0.3) is 11.4 Å². The lowest BCUT2D eigenvalue weighted by Gasteiger charge is -2.34. The summed E-state index contributed by atoms with van der Waals surface area (Å²) in [7, 11) is 0. The Kier molecular flexibility index (Phi) is 6.16. The second kappa shape index (κ2) is 8.98. The van der Waals surface area contributed by atoms with Crippen LogP contribution in [0.4, 0.5) is 0 Å². The summed E-state index contributed by atoms with van der Waals surface area (Å²) in [5.74, 6) is 1.73. The summed E-state index contributed by atoms with van der Waals surface area (Å²) in [6.45, 7) is 7.78. The molecule has 1 amide bonds. The fraction of sp³-hybridized carbons (Fsp3) is 0.348. The molecule has 0 atom stereocenters. The van der Waals surface area contributed by atoms with Crippen molar-refractivity contribution < 1.29 is 9.32 Å². The van der Waals surface area contributed by atoms with Gasteiger partial charge in [-0.1, -0.05) is 54.9 Å². The van der Waals surface area contributed by atoms with Crippen molar-refractivity contribution >= 4 is 17.5 Å². The molecule has 0 radical (unpaired) electrons. The minimum atomic E-state index is 0.0382. The lowest BCUT2D eigenvalue weighted by atomic mass is 10.0. The molecule has 1 aromatic heterocycles. The van der Waals surface area contributed by atoms with Gasteiger partial charge in [0.1, 0.15) is 0 Å². The van der Waals surface area contributed by atoms with Gasteiger partial charge in [-0.05, 0) is 35.7 Å². The molecule has 4 rings (SSSR count). The van der Waals surface area contributed by atoms with E-state index in [0.717, 1.165) is 18.7 Å². The molecule has 1 fully saturated rings. The van der Waals surface area contributed by atoms with Crippen molar-refractivity contribution in [1.29, 1.82) is 0 Å². The fourth-order valence-corrected chi connectivity index (χ4v) is 3.65. The molecule has 1 aliphatic heterocycles. The Balaban J connectivity index is 1.32. The number of rotatable bonds is 5. The van der Waals surface area contributed by atoms with Crippen molar-refractivity contribution in [3.63, 3.8) is 0 Å². The molecule has 0 N–H and O–H groups in total. The summed E-state index contributed by atoms with van der Waals surface area (Å²) in [6.07, 6.45) is 0. The Morgan fingerprint density at radius 2 is 1.70 bits per heavy atom. The maximum Gasteiger partial charge on any atom is 0.253 e. The zero-order valence-electron chi connectivity index (χ0n) is 17.2. The van der Waals surface area contributed by atoms with Crippen molar-refractivity contribution in [2.45, 2.75) is 26.3 Å². The van der Waals surface area contributed by atoms with E-state index in [1.807, 2.05) is 17.0 Å². The van der Waals surface area contributed by atoms with Crippen molar-refractivity contribution in [1.82, 2.24) is 19.9 Å². The molecule has 0 bridgehead atoms. The molecular formula is C23H25ClN4O2. The van der Waals surface area contributed by atoms with E-state index in [2.05, 4.69) is 41.0 Å². The molecule has 156 valence electrons. The van der Waals surface area contributed by atoms with Gasteiger partial charge in [0.05, 0.1) is 6.54 Å². The number of nitrogens with zero attached hydrogens (tertiary/aromatic N) is 4. The molecule has 6 nitrogen and oxygen atoms in total. The van der Waals surface area contributed by atoms with Crippen LogP contribution in [-0.4, -0.2) is 52.0 Å². The molecule has 1 aliphatic rings. The van der Waals surface area contributed by atoms with Crippen LogP contribution in [0.15, 0.2) is 53.1 Å². The number of piperazine rings is 1. The van der Waals surface area contributed by atoms with Crippen LogP contribution >= 0.6 is 11.6 Å². The molecule has 2 aromatic carbocycles. The number of carbonyl (C=O) groups is 1. The predicted octanol–water partition coefficient (Wildman–Crippen LogP) is 4.47. The summed E-state index contributed by atoms with van der Waals surface area (Å²) in [5, 5.41) is 4.76. The van der Waals surface area contributed by atoms with Gasteiger partial charge < -0.3 is 9.42 Å². The number of benzene rings is 2. The van der Waals surface area contributed by atoms with Crippen LogP contribution in [0.5, 0.6) is 0 Å². The highest BCUT2D eigenvalue weighted by atomic mass is 35.5. The molecular weight excluding hydrogens is 400 g/mol. The first-order chi connectivity index (χ1) is 14.5. The number of hydrogen-bond acceptors (Lipinski definition) is 5. The highest BCUT2D eigenvalue weighted by Crippen LogP contribution is 2.21. The van der Waals surface area contributed by atoms with E-state index >= 15 is 0 Å². The molecule has 30 heavy (non-hydrogen) atoms. The average molecular weight is 425 g/mol. The zero-order chi connectivity index (χ0) is 21.1. The summed E-state index contributed by atoms with van der Waals surface area (Å²) < 4.78 is 5.46. The van der Waals surface area contributed by atoms with Gasteiger partial charge in [0.2, 0.25) is 11.7 Å². The number of aromatic nitrogens is 2. The smallest absolute Gasteiger partial charge is 0.253 e. The number of halogens is 1. The molecule has 7 heteroatoms. The Labute approximate surface area is 181 Å². The summed E-state index contributed by atoms with van der Waals surface area (Å²) in [4.78, 5) is 21.3. The first kappa shape index (κ1) is 20.6. The van der Waals surface area contributed by atoms with Gasteiger partial charge >= 0.3 is 0 Å². The van der Waals surface area contributed by atoms with Crippen LogP contribution in [0.2, 0.25) is 5.02 Å². The molecule has 0 aliphatic carbocycles. The van der Waals surface area contributed by atoms with E-state index in [4.69, 9.17) is 16.1 Å². The molecule has 0 spiro atoms. The maximum absolute atomic E-state index is 12.6. The predicted molar refractivity (Wildman–Crippen MR) is 116 cm³/mol. The van der Waals surface area contributed by atoms with Crippen molar-refractivity contribution in [2.75, 3.05) is 26.2 Å². The van der Waals surface area contributed by atoms with Gasteiger partial charge in [-0.3, -0.25) is 9.69 Å². The van der Waals surface area contributed by atoms with E-state index in [-0.39, 0.29) is 5.91 Å². The van der Waals surface area contributed by atoms with Crippen LogP contribution in [-0.2, 0) is 6.54 Å². The van der Waals surface area contributed by atoms with Crippen LogP contribution in [0, 0.1) is 0 Å². The first-order valence-electron chi connectivity index (χ1n) is 10.2. The minimum absolute atomic E-state index is 0.0382. The normalized spacial score (nSPS) is 15.0. The number of carbonyl (C=O) groups excluding carboxylic acids is 1. The Bertz CT molecular complexity index is 991. The van der Waals surface area contributed by atoms with E-state index in [0.29, 0.717) is 47.9 Å². The van der Waals surface area contributed by atoms with Crippen LogP contribution in [0.3, 0.4) is 0 Å². The summed E-state index contributed by atoms with van der Waals surface area (Å²) >= 11 is 5.91. The average Bonchev–Trinajstić information content (AvgIpc) is 3.23. The molecule has 2 heterocycles. The molecule has 0 unspecified atom stereocenters. The summed E-state index contributed by atoms with van der Waals surface area (Å²) in [5.41, 5.74) is 2.90. The van der Waals surface area contributed by atoms with E-state index in [9.17, 15) is 4.79 Å². The third-order valence-electron chi connectivity index (χ3n) is 5.41. The third-order valence-corrected chi connectivity index (χ3v) is 5.67. The van der Waals surface area contributed by atoms with Crippen molar-refractivity contribution in [2.24, 2.45) is 0 Å². The van der Waals surface area contributed by atoms with Gasteiger partial charge in [-0.25, -0.2) is 0 Å². The SMILES string of the molecule is CC(C)c1ccc(-c2noc(CN3CCN(C(=O)c4ccc(Cl)cc4)CC3)n2)cc1. The Hall–Kier alpha value is -2.70. The maximum atomic E-state index is 12.6. The lowest BCUT2D eigenvalue weighted by molar-refractivity contribution is 0.0615. The minimum Gasteiger partial charge on any atom is -0.338 e. The standard InChI is InChI=1S/C23H25ClN4O2/c1-16(2)17-3-5-18(6-4-17)22-25-21(30-26-22)15-27-11-13-28(14-12-27)23(29)19-7-9-20(24)10-8-19/h3-10,16H,11-15H2,1-2H3. The van der Waals surface area contributed by atoms with Gasteiger partial charge in [0.15, 0.2) is 0 Å². The number of amides is 1. The Morgan fingerprint density at radius 1 is 1.03 bits per heavy atom. The lowest BCUT2D eigenvalue weighted by Crippen LogP contribution is -2.48. The van der Waals surface area contributed by atoms with Gasteiger partial charge in [0, 0.05) is 42.3 Å². The largest absolute Gasteiger partial charge is 0.338 e. The van der Waals surface area contributed by atoms with Crippen LogP contribution in [0.1, 0.15) is 41.6 Å². The molecule has 0 saturated carbocycles. The van der Waals surface area contributed by atoms with Gasteiger partial charge in [-0.15, -0.1) is 0 Å². The van der Waals surface area contributed by atoms with E-state index in [1.54, 1.807) is 24.3 Å².